The van der Waals surface area contributed by atoms with Crippen LogP contribution in [0.4, 0.5) is 0 Å². The maximum absolute atomic E-state index is 6.61. The SMILES string of the molecule is CCC1CCCCC1C(N)CC1CN(C)CCN1C. The van der Waals surface area contributed by atoms with E-state index in [1.807, 2.05) is 0 Å². The zero-order chi connectivity index (χ0) is 13.8. The molecule has 2 rings (SSSR count). The van der Waals surface area contributed by atoms with Crippen molar-refractivity contribution >= 4 is 0 Å². The quantitative estimate of drug-likeness (QED) is 0.847. The lowest BCUT2D eigenvalue weighted by atomic mass is 9.73. The van der Waals surface area contributed by atoms with Gasteiger partial charge in [-0.1, -0.05) is 32.6 Å². The smallest absolute Gasteiger partial charge is 0.0235 e. The summed E-state index contributed by atoms with van der Waals surface area (Å²) in [4.78, 5) is 4.97. The Balaban J connectivity index is 1.89. The van der Waals surface area contributed by atoms with Crippen LogP contribution < -0.4 is 5.73 Å². The highest BCUT2D eigenvalue weighted by molar-refractivity contribution is 4.88. The predicted octanol–water partition coefficient (Wildman–Crippen LogP) is 2.17. The second-order valence-corrected chi connectivity index (χ2v) is 6.91. The highest BCUT2D eigenvalue weighted by atomic mass is 15.3. The van der Waals surface area contributed by atoms with Crippen molar-refractivity contribution < 1.29 is 0 Å². The average molecular weight is 267 g/mol. The lowest BCUT2D eigenvalue weighted by molar-refractivity contribution is 0.0881. The third-order valence-corrected chi connectivity index (χ3v) is 5.57. The van der Waals surface area contributed by atoms with Crippen molar-refractivity contribution in [3.05, 3.63) is 0 Å². The maximum Gasteiger partial charge on any atom is 0.0235 e. The van der Waals surface area contributed by atoms with Crippen molar-refractivity contribution in [1.29, 1.82) is 0 Å². The van der Waals surface area contributed by atoms with Gasteiger partial charge in [0.25, 0.3) is 0 Å². The van der Waals surface area contributed by atoms with Crippen molar-refractivity contribution in [1.82, 2.24) is 9.80 Å². The molecule has 4 unspecified atom stereocenters. The molecule has 1 heterocycles. The molecule has 0 bridgehead atoms. The van der Waals surface area contributed by atoms with E-state index in [-0.39, 0.29) is 0 Å². The number of nitrogens with zero attached hydrogens (tertiary/aromatic N) is 2. The Bertz CT molecular complexity index is 269. The van der Waals surface area contributed by atoms with Crippen LogP contribution in [0.15, 0.2) is 0 Å². The van der Waals surface area contributed by atoms with Crippen molar-refractivity contribution in [3.63, 3.8) is 0 Å². The minimum Gasteiger partial charge on any atom is -0.327 e. The fourth-order valence-corrected chi connectivity index (χ4v) is 4.15. The molecule has 2 N–H and O–H groups in total. The molecule has 2 aliphatic rings. The fourth-order valence-electron chi connectivity index (χ4n) is 4.15. The molecule has 0 radical (unpaired) electrons. The average Bonchev–Trinajstić information content (AvgIpc) is 2.42. The predicted molar refractivity (Wildman–Crippen MR) is 82.2 cm³/mol. The van der Waals surface area contributed by atoms with Crippen molar-refractivity contribution in [2.24, 2.45) is 17.6 Å². The molecule has 112 valence electrons. The number of hydrogen-bond acceptors (Lipinski definition) is 3. The lowest BCUT2D eigenvalue weighted by Gasteiger charge is -2.42. The van der Waals surface area contributed by atoms with Gasteiger partial charge in [0, 0.05) is 31.7 Å². The first kappa shape index (κ1) is 15.3. The van der Waals surface area contributed by atoms with E-state index in [2.05, 4.69) is 30.8 Å². The van der Waals surface area contributed by atoms with E-state index in [4.69, 9.17) is 5.73 Å². The van der Waals surface area contributed by atoms with E-state index in [1.54, 1.807) is 0 Å². The molecule has 2 fully saturated rings. The van der Waals surface area contributed by atoms with E-state index in [0.29, 0.717) is 12.1 Å². The summed E-state index contributed by atoms with van der Waals surface area (Å²) in [6.07, 6.45) is 8.10. The van der Waals surface area contributed by atoms with Crippen LogP contribution in [-0.2, 0) is 0 Å². The lowest BCUT2D eigenvalue weighted by Crippen LogP contribution is -2.53. The van der Waals surface area contributed by atoms with Gasteiger partial charge in [0.1, 0.15) is 0 Å². The Hall–Kier alpha value is -0.120. The summed E-state index contributed by atoms with van der Waals surface area (Å²) in [6, 6.07) is 1.07. The maximum atomic E-state index is 6.61. The van der Waals surface area contributed by atoms with Gasteiger partial charge in [0.05, 0.1) is 0 Å². The Labute approximate surface area is 119 Å². The molecule has 3 nitrogen and oxygen atoms in total. The molecular weight excluding hydrogens is 234 g/mol. The van der Waals surface area contributed by atoms with E-state index >= 15 is 0 Å². The van der Waals surface area contributed by atoms with Gasteiger partial charge in [-0.25, -0.2) is 0 Å². The largest absolute Gasteiger partial charge is 0.327 e. The highest BCUT2D eigenvalue weighted by Gasteiger charge is 2.32. The topological polar surface area (TPSA) is 32.5 Å². The monoisotopic (exact) mass is 267 g/mol. The van der Waals surface area contributed by atoms with Crippen molar-refractivity contribution in [3.8, 4) is 0 Å². The van der Waals surface area contributed by atoms with Crippen LogP contribution in [0.1, 0.15) is 45.4 Å². The van der Waals surface area contributed by atoms with Crippen LogP contribution >= 0.6 is 0 Å². The Morgan fingerprint density at radius 2 is 1.89 bits per heavy atom. The number of piperazine rings is 1. The first-order chi connectivity index (χ1) is 9.11. The Morgan fingerprint density at radius 3 is 2.63 bits per heavy atom. The van der Waals surface area contributed by atoms with E-state index in [1.165, 1.54) is 58.2 Å². The molecule has 1 saturated heterocycles. The number of nitrogens with two attached hydrogens (primary N) is 1. The summed E-state index contributed by atoms with van der Waals surface area (Å²) in [5.74, 6) is 1.66. The molecular formula is C16H33N3. The van der Waals surface area contributed by atoms with Crippen LogP contribution in [0.25, 0.3) is 0 Å². The summed E-state index contributed by atoms with van der Waals surface area (Å²) < 4.78 is 0. The van der Waals surface area contributed by atoms with Crippen LogP contribution in [0.5, 0.6) is 0 Å². The highest BCUT2D eigenvalue weighted by Crippen LogP contribution is 2.35. The molecule has 0 aromatic heterocycles. The van der Waals surface area contributed by atoms with Crippen LogP contribution in [0, 0.1) is 11.8 Å². The molecule has 4 atom stereocenters. The minimum atomic E-state index is 0.407. The molecule has 0 aromatic carbocycles. The van der Waals surface area contributed by atoms with Gasteiger partial charge >= 0.3 is 0 Å². The Morgan fingerprint density at radius 1 is 1.16 bits per heavy atom. The van der Waals surface area contributed by atoms with E-state index in [0.717, 1.165) is 11.8 Å². The molecule has 19 heavy (non-hydrogen) atoms. The molecule has 1 saturated carbocycles. The van der Waals surface area contributed by atoms with Gasteiger partial charge in [-0.15, -0.1) is 0 Å². The van der Waals surface area contributed by atoms with Gasteiger partial charge in [-0.2, -0.15) is 0 Å². The van der Waals surface area contributed by atoms with Crippen LogP contribution in [0.2, 0.25) is 0 Å². The summed E-state index contributed by atoms with van der Waals surface area (Å²) in [5.41, 5.74) is 6.61. The van der Waals surface area contributed by atoms with Crippen molar-refractivity contribution in [2.75, 3.05) is 33.7 Å². The first-order valence-electron chi connectivity index (χ1n) is 8.26. The minimum absolute atomic E-state index is 0.407. The molecule has 0 amide bonds. The third-order valence-electron chi connectivity index (χ3n) is 5.57. The molecule has 0 aromatic rings. The molecule has 3 heteroatoms. The Kier molecular flexibility index (Phi) is 5.67. The van der Waals surface area contributed by atoms with Crippen molar-refractivity contribution in [2.45, 2.75) is 57.5 Å². The number of likely N-dealkylation sites (N-methyl/N-ethyl adjacent to an activating group) is 2. The summed E-state index contributed by atoms with van der Waals surface area (Å²) in [6.45, 7) is 5.92. The third kappa shape index (κ3) is 3.93. The fraction of sp³-hybridized carbons (Fsp3) is 1.00. The second-order valence-electron chi connectivity index (χ2n) is 6.91. The second kappa shape index (κ2) is 7.05. The van der Waals surface area contributed by atoms with Gasteiger partial charge in [0.15, 0.2) is 0 Å². The zero-order valence-corrected chi connectivity index (χ0v) is 13.1. The van der Waals surface area contributed by atoms with Gasteiger partial charge in [-0.05, 0) is 38.8 Å². The first-order valence-corrected chi connectivity index (χ1v) is 8.26. The van der Waals surface area contributed by atoms with Crippen LogP contribution in [-0.4, -0.2) is 55.6 Å². The summed E-state index contributed by atoms with van der Waals surface area (Å²) in [5, 5.41) is 0. The number of rotatable bonds is 4. The van der Waals surface area contributed by atoms with Crippen LogP contribution in [0.3, 0.4) is 0 Å². The molecule has 0 spiro atoms. The summed E-state index contributed by atoms with van der Waals surface area (Å²) in [7, 11) is 4.50. The molecule has 1 aliphatic carbocycles. The summed E-state index contributed by atoms with van der Waals surface area (Å²) >= 11 is 0. The number of hydrogen-bond donors (Lipinski definition) is 1. The standard InChI is InChI=1S/C16H33N3/c1-4-13-7-5-6-8-15(13)16(17)11-14-12-18(2)9-10-19(14)3/h13-16H,4-12,17H2,1-3H3. The van der Waals surface area contributed by atoms with E-state index < -0.39 is 0 Å². The van der Waals surface area contributed by atoms with Gasteiger partial charge < -0.3 is 15.5 Å². The zero-order valence-electron chi connectivity index (χ0n) is 13.1. The van der Waals surface area contributed by atoms with Gasteiger partial charge in [0.2, 0.25) is 0 Å². The van der Waals surface area contributed by atoms with E-state index in [9.17, 15) is 0 Å². The normalized spacial score (nSPS) is 36.3. The molecule has 1 aliphatic heterocycles. The van der Waals surface area contributed by atoms with Gasteiger partial charge in [-0.3, -0.25) is 0 Å².